The average Bonchev–Trinajstić information content (AvgIpc) is 2.22. The maximum absolute atomic E-state index is 11.3. The van der Waals surface area contributed by atoms with E-state index in [-0.39, 0.29) is 18.7 Å². The minimum Gasteiger partial charge on any atom is -0.480 e. The van der Waals surface area contributed by atoms with Gasteiger partial charge < -0.3 is 15.7 Å². The predicted molar refractivity (Wildman–Crippen MR) is 54.9 cm³/mol. The van der Waals surface area contributed by atoms with Gasteiger partial charge in [0.2, 0.25) is 11.8 Å². The van der Waals surface area contributed by atoms with Crippen LogP contribution in [-0.2, 0) is 14.4 Å². The van der Waals surface area contributed by atoms with Crippen molar-refractivity contribution in [2.75, 3.05) is 0 Å². The zero-order valence-corrected chi connectivity index (χ0v) is 9.15. The number of carboxylic acid groups (broad SMARTS) is 1. The Balaban J connectivity index is 2.43. The van der Waals surface area contributed by atoms with Crippen molar-refractivity contribution in [1.29, 1.82) is 0 Å². The van der Waals surface area contributed by atoms with E-state index < -0.39 is 30.0 Å². The number of hydrogen-bond acceptors (Lipinski definition) is 4. The van der Waals surface area contributed by atoms with Gasteiger partial charge in [0, 0.05) is 6.42 Å². The van der Waals surface area contributed by atoms with Crippen LogP contribution in [0.5, 0.6) is 0 Å². The van der Waals surface area contributed by atoms with E-state index in [1.54, 1.807) is 0 Å². The highest BCUT2D eigenvalue weighted by molar-refractivity contribution is 6.01. The molecule has 1 aliphatic rings. The van der Waals surface area contributed by atoms with Crippen molar-refractivity contribution in [2.45, 2.75) is 31.8 Å². The number of amides is 4. The first kappa shape index (κ1) is 12.9. The van der Waals surface area contributed by atoms with Gasteiger partial charge in [0.1, 0.15) is 12.1 Å². The summed E-state index contributed by atoms with van der Waals surface area (Å²) in [5.74, 6) is -2.14. The Kier molecular flexibility index (Phi) is 4.02. The fourth-order valence-corrected chi connectivity index (χ4v) is 1.29. The summed E-state index contributed by atoms with van der Waals surface area (Å²) < 4.78 is 0. The molecule has 1 heterocycles. The van der Waals surface area contributed by atoms with E-state index in [1.807, 2.05) is 0 Å². The molecule has 0 spiro atoms. The van der Waals surface area contributed by atoms with Crippen LogP contribution in [0.2, 0.25) is 0 Å². The lowest BCUT2D eigenvalue weighted by Gasteiger charge is -2.22. The number of carboxylic acids is 1. The molecular formula is C9H13N3O5. The Morgan fingerprint density at radius 1 is 1.47 bits per heavy atom. The van der Waals surface area contributed by atoms with E-state index in [4.69, 9.17) is 5.11 Å². The molecule has 0 bridgehead atoms. The van der Waals surface area contributed by atoms with Gasteiger partial charge in [-0.3, -0.25) is 19.7 Å². The zero-order chi connectivity index (χ0) is 13.0. The number of carbonyl (C=O) groups is 4. The first-order valence-corrected chi connectivity index (χ1v) is 5.03. The van der Waals surface area contributed by atoms with Gasteiger partial charge in [-0.1, -0.05) is 0 Å². The third kappa shape index (κ3) is 3.74. The van der Waals surface area contributed by atoms with Crippen LogP contribution in [0.4, 0.5) is 4.79 Å². The number of carbonyl (C=O) groups excluding carboxylic acids is 3. The van der Waals surface area contributed by atoms with Crippen LogP contribution >= 0.6 is 0 Å². The largest absolute Gasteiger partial charge is 0.480 e. The fraction of sp³-hybridized carbons (Fsp3) is 0.556. The summed E-state index contributed by atoms with van der Waals surface area (Å²) >= 11 is 0. The molecule has 1 unspecified atom stereocenters. The molecule has 0 aromatic carbocycles. The van der Waals surface area contributed by atoms with Crippen molar-refractivity contribution >= 4 is 23.8 Å². The van der Waals surface area contributed by atoms with Crippen LogP contribution in [0.3, 0.4) is 0 Å². The molecule has 94 valence electrons. The normalized spacial score (nSPS) is 21.4. The lowest BCUT2D eigenvalue weighted by molar-refractivity contribution is -0.138. The smallest absolute Gasteiger partial charge is 0.325 e. The molecule has 17 heavy (non-hydrogen) atoms. The molecule has 8 nitrogen and oxygen atoms in total. The third-order valence-corrected chi connectivity index (χ3v) is 2.26. The highest BCUT2D eigenvalue weighted by Crippen LogP contribution is 2.03. The van der Waals surface area contributed by atoms with Gasteiger partial charge in [0.15, 0.2) is 0 Å². The van der Waals surface area contributed by atoms with Crippen molar-refractivity contribution in [1.82, 2.24) is 16.0 Å². The quantitative estimate of drug-likeness (QED) is 0.452. The Bertz CT molecular complexity index is 368. The van der Waals surface area contributed by atoms with Gasteiger partial charge in [0.05, 0.1) is 0 Å². The number of aliphatic carboxylic acids is 1. The summed E-state index contributed by atoms with van der Waals surface area (Å²) in [5.41, 5.74) is 0. The van der Waals surface area contributed by atoms with Crippen molar-refractivity contribution < 1.29 is 24.3 Å². The molecule has 0 aromatic rings. The lowest BCUT2D eigenvalue weighted by atomic mass is 10.1. The highest BCUT2D eigenvalue weighted by atomic mass is 16.4. The second-order valence-corrected chi connectivity index (χ2v) is 3.68. The summed E-state index contributed by atoms with van der Waals surface area (Å²) in [6, 6.07) is -2.62. The van der Waals surface area contributed by atoms with E-state index in [1.165, 1.54) is 6.92 Å². The topological polar surface area (TPSA) is 125 Å². The van der Waals surface area contributed by atoms with Crippen LogP contribution in [0, 0.1) is 0 Å². The number of rotatable bonds is 3. The SMILES string of the molecule is C[C@@H](NC(=O)NC1CCC(=O)NC1=O)C(=O)O. The molecule has 1 saturated heterocycles. The summed E-state index contributed by atoms with van der Waals surface area (Å²) in [6.07, 6.45) is 0.352. The van der Waals surface area contributed by atoms with Crippen molar-refractivity contribution in [3.8, 4) is 0 Å². The summed E-state index contributed by atoms with van der Waals surface area (Å²) in [6.45, 7) is 1.30. The molecule has 0 saturated carbocycles. The third-order valence-electron chi connectivity index (χ3n) is 2.26. The van der Waals surface area contributed by atoms with Gasteiger partial charge in [-0.15, -0.1) is 0 Å². The van der Waals surface area contributed by atoms with Crippen LogP contribution in [-0.4, -0.2) is 41.0 Å². The number of imide groups is 1. The second kappa shape index (κ2) is 5.28. The highest BCUT2D eigenvalue weighted by Gasteiger charge is 2.28. The van der Waals surface area contributed by atoms with Gasteiger partial charge in [-0.2, -0.15) is 0 Å². The average molecular weight is 243 g/mol. The molecule has 4 amide bonds. The van der Waals surface area contributed by atoms with Gasteiger partial charge in [0.25, 0.3) is 0 Å². The van der Waals surface area contributed by atoms with E-state index in [9.17, 15) is 19.2 Å². The molecule has 0 radical (unpaired) electrons. The fourth-order valence-electron chi connectivity index (χ4n) is 1.29. The number of hydrogen-bond donors (Lipinski definition) is 4. The Morgan fingerprint density at radius 3 is 2.65 bits per heavy atom. The first-order valence-electron chi connectivity index (χ1n) is 5.03. The maximum atomic E-state index is 11.3. The van der Waals surface area contributed by atoms with Gasteiger partial charge >= 0.3 is 12.0 Å². The molecule has 1 fully saturated rings. The van der Waals surface area contributed by atoms with E-state index in [0.717, 1.165) is 0 Å². The number of urea groups is 1. The van der Waals surface area contributed by atoms with Crippen molar-refractivity contribution in [3.05, 3.63) is 0 Å². The summed E-state index contributed by atoms with van der Waals surface area (Å²) in [7, 11) is 0. The maximum Gasteiger partial charge on any atom is 0.325 e. The van der Waals surface area contributed by atoms with Crippen LogP contribution in [0.1, 0.15) is 19.8 Å². The molecule has 0 aromatic heterocycles. The van der Waals surface area contributed by atoms with Gasteiger partial charge in [-0.25, -0.2) is 4.79 Å². The lowest BCUT2D eigenvalue weighted by Crippen LogP contribution is -2.55. The Labute approximate surface area is 96.7 Å². The van der Waals surface area contributed by atoms with Crippen LogP contribution in [0.25, 0.3) is 0 Å². The molecule has 1 rings (SSSR count). The molecule has 2 atom stereocenters. The van der Waals surface area contributed by atoms with E-state index in [0.29, 0.717) is 0 Å². The van der Waals surface area contributed by atoms with E-state index >= 15 is 0 Å². The molecule has 4 N–H and O–H groups in total. The molecular weight excluding hydrogens is 230 g/mol. The van der Waals surface area contributed by atoms with E-state index in [2.05, 4.69) is 16.0 Å². The monoisotopic (exact) mass is 243 g/mol. The van der Waals surface area contributed by atoms with Gasteiger partial charge in [-0.05, 0) is 13.3 Å². The standard InChI is InChI=1S/C9H13N3O5/c1-4(8(15)16)10-9(17)11-5-2-3-6(13)12-7(5)14/h4-5H,2-3H2,1H3,(H,15,16)(H2,10,11,17)(H,12,13,14)/t4-,5?/m1/s1. The second-order valence-electron chi connectivity index (χ2n) is 3.68. The predicted octanol–water partition coefficient (Wildman–Crippen LogP) is -1.44. The Morgan fingerprint density at radius 2 is 2.12 bits per heavy atom. The zero-order valence-electron chi connectivity index (χ0n) is 9.15. The minimum absolute atomic E-state index is 0.144. The van der Waals surface area contributed by atoms with Crippen LogP contribution < -0.4 is 16.0 Å². The number of piperidine rings is 1. The summed E-state index contributed by atoms with van der Waals surface area (Å²) in [4.78, 5) is 43.9. The minimum atomic E-state index is -1.18. The Hall–Kier alpha value is -2.12. The van der Waals surface area contributed by atoms with Crippen molar-refractivity contribution in [2.24, 2.45) is 0 Å². The van der Waals surface area contributed by atoms with Crippen molar-refractivity contribution in [3.63, 3.8) is 0 Å². The van der Waals surface area contributed by atoms with Crippen LogP contribution in [0.15, 0.2) is 0 Å². The molecule has 0 aliphatic carbocycles. The molecule has 8 heteroatoms. The first-order chi connectivity index (χ1) is 7.90. The number of nitrogens with one attached hydrogen (secondary N) is 3. The molecule has 1 aliphatic heterocycles. The summed E-state index contributed by atoms with van der Waals surface area (Å²) in [5, 5.41) is 15.1.